The smallest absolute Gasteiger partial charge is 0.0723 e. The van der Waals surface area contributed by atoms with Crippen LogP contribution in [0.4, 0.5) is 22.7 Å². The highest BCUT2D eigenvalue weighted by atomic mass is 14.9. The van der Waals surface area contributed by atoms with E-state index in [0.717, 1.165) is 35.3 Å². The largest absolute Gasteiger partial charge is 0.355 e. The van der Waals surface area contributed by atoms with Crippen LogP contribution < -0.4 is 10.6 Å². The Hall–Kier alpha value is -4.18. The first-order chi connectivity index (χ1) is 23.1. The van der Waals surface area contributed by atoms with Crippen molar-refractivity contribution in [1.82, 2.24) is 0 Å². The van der Waals surface area contributed by atoms with Gasteiger partial charge in [0.05, 0.1) is 12.1 Å². The number of para-hydroxylation sites is 4. The molecule has 4 aromatic carbocycles. The zero-order valence-corrected chi connectivity index (χ0v) is 30.4. The van der Waals surface area contributed by atoms with Crippen LogP contribution in [-0.2, 0) is 0 Å². The van der Waals surface area contributed by atoms with Crippen LogP contribution >= 0.6 is 0 Å². The minimum absolute atomic E-state index is 0.159. The zero-order valence-electron chi connectivity index (χ0n) is 30.4. The lowest BCUT2D eigenvalue weighted by Crippen LogP contribution is -2.27. The molecule has 1 aliphatic carbocycles. The molecule has 2 atom stereocenters. The van der Waals surface area contributed by atoms with Gasteiger partial charge in [-0.1, -0.05) is 141 Å². The first-order valence-electron chi connectivity index (χ1n) is 18.2. The average molecular weight is 641 g/mol. The van der Waals surface area contributed by atoms with Crippen molar-refractivity contribution in [3.05, 3.63) is 118 Å². The second kappa shape index (κ2) is 16.3. The average Bonchev–Trinajstić information content (AvgIpc) is 3.07. The summed E-state index contributed by atoms with van der Waals surface area (Å²) in [6.45, 7) is 18.1. The van der Waals surface area contributed by atoms with E-state index in [1.807, 2.05) is 0 Å². The van der Waals surface area contributed by atoms with Crippen molar-refractivity contribution in [3.63, 3.8) is 0 Å². The van der Waals surface area contributed by atoms with E-state index in [1.165, 1.54) is 46.5 Å². The molecular formula is C44H56N4. The van der Waals surface area contributed by atoms with Crippen LogP contribution in [0.1, 0.15) is 138 Å². The molecule has 4 heteroatoms. The lowest BCUT2D eigenvalue weighted by Gasteiger charge is -2.26. The van der Waals surface area contributed by atoms with Crippen molar-refractivity contribution < 1.29 is 0 Å². The molecule has 2 N–H and O–H groups in total. The van der Waals surface area contributed by atoms with Crippen molar-refractivity contribution in [2.24, 2.45) is 9.98 Å². The molecular weight excluding hydrogens is 585 g/mol. The molecule has 252 valence electrons. The summed E-state index contributed by atoms with van der Waals surface area (Å²) < 4.78 is 0. The predicted octanol–water partition coefficient (Wildman–Crippen LogP) is 12.5. The maximum absolute atomic E-state index is 5.22. The fourth-order valence-electron chi connectivity index (χ4n) is 6.90. The molecule has 1 saturated carbocycles. The maximum atomic E-state index is 5.22. The second-order valence-electron chi connectivity index (χ2n) is 14.6. The summed E-state index contributed by atoms with van der Waals surface area (Å²) in [7, 11) is 0. The predicted molar refractivity (Wildman–Crippen MR) is 210 cm³/mol. The van der Waals surface area contributed by atoms with E-state index in [-0.39, 0.29) is 12.1 Å². The third kappa shape index (κ3) is 8.45. The Bertz CT molecular complexity index is 1530. The van der Waals surface area contributed by atoms with Crippen LogP contribution in [0.3, 0.4) is 0 Å². The van der Waals surface area contributed by atoms with Crippen molar-refractivity contribution >= 4 is 35.2 Å². The number of aliphatic imine (C=N–C) groups is 2. The topological polar surface area (TPSA) is 48.8 Å². The number of benzene rings is 4. The minimum Gasteiger partial charge on any atom is -0.355 e. The van der Waals surface area contributed by atoms with Gasteiger partial charge in [0.15, 0.2) is 0 Å². The molecule has 4 nitrogen and oxygen atoms in total. The molecule has 0 aliphatic heterocycles. The van der Waals surface area contributed by atoms with Gasteiger partial charge in [0.1, 0.15) is 0 Å². The number of nitrogens with one attached hydrogen (secondary N) is 2. The van der Waals surface area contributed by atoms with Crippen LogP contribution in [0.5, 0.6) is 0 Å². The Morgan fingerprint density at radius 3 is 1.15 bits per heavy atom. The van der Waals surface area contributed by atoms with Gasteiger partial charge in [-0.25, -0.2) is 0 Å². The molecule has 4 aromatic rings. The number of anilines is 4. The van der Waals surface area contributed by atoms with E-state index in [4.69, 9.17) is 9.98 Å². The Morgan fingerprint density at radius 2 is 0.812 bits per heavy atom. The highest BCUT2D eigenvalue weighted by molar-refractivity contribution is 5.91. The Kier molecular flexibility index (Phi) is 11.9. The molecule has 48 heavy (non-hydrogen) atoms. The molecule has 1 fully saturated rings. The molecule has 0 spiro atoms. The summed E-state index contributed by atoms with van der Waals surface area (Å²) in [5, 5.41) is 7.68. The summed E-state index contributed by atoms with van der Waals surface area (Å²) in [6, 6.07) is 30.8. The quantitative estimate of drug-likeness (QED) is 0.151. The zero-order chi connectivity index (χ0) is 34.2. The van der Waals surface area contributed by atoms with Crippen LogP contribution in [0.25, 0.3) is 0 Å². The fourth-order valence-corrected chi connectivity index (χ4v) is 6.90. The molecule has 5 rings (SSSR count). The monoisotopic (exact) mass is 640 g/mol. The lowest BCUT2D eigenvalue weighted by molar-refractivity contribution is 0.390. The van der Waals surface area contributed by atoms with E-state index in [9.17, 15) is 0 Å². The van der Waals surface area contributed by atoms with Crippen LogP contribution in [0, 0.1) is 0 Å². The molecule has 0 unspecified atom stereocenters. The van der Waals surface area contributed by atoms with Crippen molar-refractivity contribution in [3.8, 4) is 0 Å². The highest BCUT2D eigenvalue weighted by Crippen LogP contribution is 2.37. The normalized spacial score (nSPS) is 17.0. The molecule has 0 bridgehead atoms. The second-order valence-corrected chi connectivity index (χ2v) is 14.6. The SMILES string of the molecule is CC(C)c1cccc(C(C)C)c1Nc1ccccc1C=N[C@@H]1CCCC[C@H]1N=Cc1ccccc1Nc1c(C(C)C)cccc1C(C)C. The van der Waals surface area contributed by atoms with Gasteiger partial charge in [0.25, 0.3) is 0 Å². The van der Waals surface area contributed by atoms with Gasteiger partial charge in [-0.2, -0.15) is 0 Å². The van der Waals surface area contributed by atoms with Crippen molar-refractivity contribution in [2.45, 2.75) is 117 Å². The van der Waals surface area contributed by atoms with Crippen LogP contribution in [0.2, 0.25) is 0 Å². The molecule has 0 amide bonds. The van der Waals surface area contributed by atoms with Gasteiger partial charge in [0, 0.05) is 46.3 Å². The highest BCUT2D eigenvalue weighted by Gasteiger charge is 2.24. The van der Waals surface area contributed by atoms with E-state index in [1.54, 1.807) is 0 Å². The minimum atomic E-state index is 0.159. The standard InChI is InChI=1S/C44H56N4/c1-29(2)35-19-15-20-36(30(3)4)43(35)47-39-23-11-9-17-33(39)27-45-41-25-13-14-26-42(41)46-28-34-18-10-12-24-40(34)48-44-37(31(5)6)21-16-22-38(44)32(7)8/h9-12,15-24,27-32,41-42,47-48H,13-14,25-26H2,1-8H3/t41-,42-/m1/s1. The van der Waals surface area contributed by atoms with Crippen LogP contribution in [0.15, 0.2) is 94.9 Å². The Morgan fingerprint density at radius 1 is 0.479 bits per heavy atom. The van der Waals surface area contributed by atoms with E-state index < -0.39 is 0 Å². The Balaban J connectivity index is 1.39. The first kappa shape index (κ1) is 35.1. The summed E-state index contributed by atoms with van der Waals surface area (Å²) >= 11 is 0. The third-order valence-electron chi connectivity index (χ3n) is 9.69. The van der Waals surface area contributed by atoms with E-state index >= 15 is 0 Å². The summed E-state index contributed by atoms with van der Waals surface area (Å²) in [4.78, 5) is 10.4. The molecule has 0 heterocycles. The van der Waals surface area contributed by atoms with Gasteiger partial charge in [-0.05, 0) is 70.9 Å². The number of hydrogen-bond acceptors (Lipinski definition) is 4. The van der Waals surface area contributed by atoms with Crippen molar-refractivity contribution in [1.29, 1.82) is 0 Å². The fraction of sp³-hybridized carbons (Fsp3) is 0.409. The van der Waals surface area contributed by atoms with E-state index in [0.29, 0.717) is 23.7 Å². The molecule has 0 radical (unpaired) electrons. The summed E-state index contributed by atoms with van der Waals surface area (Å²) in [5.41, 5.74) is 12.2. The van der Waals surface area contributed by atoms with Crippen LogP contribution in [-0.4, -0.2) is 24.5 Å². The van der Waals surface area contributed by atoms with Crippen molar-refractivity contribution in [2.75, 3.05) is 10.6 Å². The third-order valence-corrected chi connectivity index (χ3v) is 9.69. The van der Waals surface area contributed by atoms with Gasteiger partial charge < -0.3 is 10.6 Å². The van der Waals surface area contributed by atoms with Gasteiger partial charge in [0.2, 0.25) is 0 Å². The summed E-state index contributed by atoms with van der Waals surface area (Å²) in [5.74, 6) is 1.71. The molecule has 1 aliphatic rings. The Labute approximate surface area is 290 Å². The summed E-state index contributed by atoms with van der Waals surface area (Å²) in [6.07, 6.45) is 8.66. The van der Waals surface area contributed by atoms with Gasteiger partial charge in [-0.3, -0.25) is 9.98 Å². The first-order valence-corrected chi connectivity index (χ1v) is 18.2. The maximum Gasteiger partial charge on any atom is 0.0723 e. The van der Waals surface area contributed by atoms with Gasteiger partial charge in [-0.15, -0.1) is 0 Å². The molecule has 0 aromatic heterocycles. The number of nitrogens with zero attached hydrogens (tertiary/aromatic N) is 2. The lowest BCUT2D eigenvalue weighted by atomic mass is 9.91. The van der Waals surface area contributed by atoms with Gasteiger partial charge >= 0.3 is 0 Å². The van der Waals surface area contributed by atoms with E-state index in [2.05, 4.69) is 163 Å². The number of rotatable bonds is 12. The molecule has 0 saturated heterocycles. The number of hydrogen-bond donors (Lipinski definition) is 2.